The quantitative estimate of drug-likeness (QED) is 0.174. The van der Waals surface area contributed by atoms with Gasteiger partial charge in [-0.2, -0.15) is 0 Å². The Morgan fingerprint density at radius 3 is 1.25 bits per heavy atom. The third-order valence-electron chi connectivity index (χ3n) is 14.0. The smallest absolute Gasteiger partial charge is 0.135 e. The number of hydrogen-bond donors (Lipinski definition) is 0. The summed E-state index contributed by atoms with van der Waals surface area (Å²) in [4.78, 5) is 0. The number of hydrogen-bond acceptors (Lipinski definition) is 1. The molecule has 5 heterocycles. The monoisotopic (exact) mass is 813 g/mol. The van der Waals surface area contributed by atoms with Gasteiger partial charge in [-0.15, -0.1) is 0 Å². The molecule has 15 rings (SSSR count). The van der Waals surface area contributed by atoms with E-state index in [2.05, 4.69) is 214 Å². The van der Waals surface area contributed by atoms with Crippen LogP contribution in [0, 0.1) is 0 Å². The molecule has 0 saturated heterocycles. The molecule has 0 radical (unpaired) electrons. The van der Waals surface area contributed by atoms with E-state index in [1.807, 2.05) is 12.1 Å². The molecule has 64 heavy (non-hydrogen) atoms. The number of furan rings is 1. The molecule has 4 heteroatoms. The summed E-state index contributed by atoms with van der Waals surface area (Å²) in [5, 5.41) is 12.4. The van der Waals surface area contributed by atoms with Gasteiger partial charge in [-0.3, -0.25) is 0 Å². The van der Waals surface area contributed by atoms with E-state index in [1.165, 1.54) is 110 Å². The lowest BCUT2D eigenvalue weighted by Crippen LogP contribution is -1.94. The summed E-state index contributed by atoms with van der Waals surface area (Å²) < 4.78 is 13.4. The molecular formula is C60H35N3O. The fourth-order valence-electron chi connectivity index (χ4n) is 11.1. The molecule has 10 aromatic carbocycles. The Hall–Kier alpha value is -8.60. The summed E-state index contributed by atoms with van der Waals surface area (Å²) in [5.41, 5.74) is 17.5. The van der Waals surface area contributed by atoms with Crippen LogP contribution in [-0.2, 0) is 0 Å². The topological polar surface area (TPSA) is 27.4 Å². The lowest BCUT2D eigenvalue weighted by Gasteiger charge is -2.11. The Kier molecular flexibility index (Phi) is 6.65. The molecule has 0 atom stereocenters. The highest BCUT2D eigenvalue weighted by molar-refractivity contribution is 6.24. The third kappa shape index (κ3) is 4.56. The highest BCUT2D eigenvalue weighted by Gasteiger charge is 2.21. The molecule has 0 N–H and O–H groups in total. The van der Waals surface area contributed by atoms with E-state index >= 15 is 0 Å². The summed E-state index contributed by atoms with van der Waals surface area (Å²) in [6.45, 7) is 0. The van der Waals surface area contributed by atoms with Crippen LogP contribution in [0.25, 0.3) is 137 Å². The molecule has 0 spiro atoms. The number of para-hydroxylation sites is 5. The molecular weight excluding hydrogens is 779 g/mol. The van der Waals surface area contributed by atoms with Crippen molar-refractivity contribution in [2.75, 3.05) is 0 Å². The van der Waals surface area contributed by atoms with Crippen LogP contribution in [0.15, 0.2) is 217 Å². The van der Waals surface area contributed by atoms with Crippen LogP contribution in [0.3, 0.4) is 0 Å². The third-order valence-corrected chi connectivity index (χ3v) is 14.0. The molecule has 296 valence electrons. The minimum absolute atomic E-state index is 0.914. The first-order chi connectivity index (χ1) is 31.7. The molecule has 0 bridgehead atoms. The second-order valence-electron chi connectivity index (χ2n) is 17.3. The van der Waals surface area contributed by atoms with Crippen LogP contribution in [0.2, 0.25) is 0 Å². The van der Waals surface area contributed by atoms with E-state index in [9.17, 15) is 0 Å². The Balaban J connectivity index is 0.861. The summed E-state index contributed by atoms with van der Waals surface area (Å²) >= 11 is 0. The van der Waals surface area contributed by atoms with Gasteiger partial charge in [-0.25, -0.2) is 0 Å². The fourth-order valence-corrected chi connectivity index (χ4v) is 11.1. The zero-order chi connectivity index (χ0) is 41.6. The van der Waals surface area contributed by atoms with Gasteiger partial charge in [0.05, 0.1) is 38.6 Å². The maximum Gasteiger partial charge on any atom is 0.135 e. The lowest BCUT2D eigenvalue weighted by atomic mass is 10.0. The zero-order valence-corrected chi connectivity index (χ0v) is 34.5. The van der Waals surface area contributed by atoms with Gasteiger partial charge in [0, 0.05) is 65.2 Å². The van der Waals surface area contributed by atoms with Gasteiger partial charge in [0.1, 0.15) is 11.2 Å². The number of rotatable bonds is 4. The van der Waals surface area contributed by atoms with Gasteiger partial charge in [-0.1, -0.05) is 121 Å². The molecule has 0 unspecified atom stereocenters. The van der Waals surface area contributed by atoms with Gasteiger partial charge >= 0.3 is 0 Å². The summed E-state index contributed by atoms with van der Waals surface area (Å²) in [5.74, 6) is 0. The minimum Gasteiger partial charge on any atom is -0.456 e. The first kappa shape index (κ1) is 34.0. The van der Waals surface area contributed by atoms with E-state index in [4.69, 9.17) is 4.42 Å². The lowest BCUT2D eigenvalue weighted by molar-refractivity contribution is 0.669. The normalized spacial score (nSPS) is 12.4. The Labute approximate surface area is 366 Å². The first-order valence-electron chi connectivity index (χ1n) is 22.0. The van der Waals surface area contributed by atoms with Crippen LogP contribution in [0.1, 0.15) is 0 Å². The number of aromatic nitrogens is 3. The predicted molar refractivity (Wildman–Crippen MR) is 268 cm³/mol. The minimum atomic E-state index is 0.914. The van der Waals surface area contributed by atoms with Crippen molar-refractivity contribution < 1.29 is 4.42 Å². The van der Waals surface area contributed by atoms with E-state index in [0.29, 0.717) is 0 Å². The fraction of sp³-hybridized carbons (Fsp3) is 0. The largest absolute Gasteiger partial charge is 0.456 e. The van der Waals surface area contributed by atoms with Crippen molar-refractivity contribution in [2.24, 2.45) is 0 Å². The van der Waals surface area contributed by atoms with E-state index in [0.717, 1.165) is 27.6 Å². The molecule has 0 aliphatic rings. The number of fused-ring (bicyclic) bond motifs is 15. The van der Waals surface area contributed by atoms with Gasteiger partial charge in [-0.05, 0) is 113 Å². The van der Waals surface area contributed by atoms with Crippen LogP contribution in [-0.4, -0.2) is 13.5 Å². The van der Waals surface area contributed by atoms with Gasteiger partial charge in [0.2, 0.25) is 0 Å². The van der Waals surface area contributed by atoms with Crippen molar-refractivity contribution in [1.29, 1.82) is 0 Å². The standard InChI is InChI=1S/C60H35N3O/c1-6-16-52-42(11-1)47-31-38(23-28-56(47)61(52)40-26-21-36(22-27-40)37-25-30-59-49(33-37)46-15-5-10-20-58(46)64-59)39-24-29-57-48(32-39)43-12-2-7-17-53(43)62(57)41-34-50-44-13-3-8-18-54(44)63-55-19-9-4-14-45(55)51(35-41)60(50)63/h1-35H. The van der Waals surface area contributed by atoms with E-state index < -0.39 is 0 Å². The van der Waals surface area contributed by atoms with Crippen molar-refractivity contribution in [2.45, 2.75) is 0 Å². The summed E-state index contributed by atoms with van der Waals surface area (Å²) in [6, 6.07) is 77.9. The van der Waals surface area contributed by atoms with E-state index in [-0.39, 0.29) is 0 Å². The van der Waals surface area contributed by atoms with Crippen molar-refractivity contribution in [3.63, 3.8) is 0 Å². The average molecular weight is 814 g/mol. The molecule has 0 aliphatic heterocycles. The van der Waals surface area contributed by atoms with Crippen molar-refractivity contribution in [1.82, 2.24) is 13.5 Å². The Bertz CT molecular complexity index is 4340. The number of nitrogens with zero attached hydrogens (tertiary/aromatic N) is 3. The van der Waals surface area contributed by atoms with Crippen molar-refractivity contribution in [3.05, 3.63) is 212 Å². The SMILES string of the molecule is c1ccc2c(c1)oc1ccc(-c3ccc(-n4c5ccccc5c5cc(-c6ccc7c(c6)c6ccccc6n7-c6cc7c8ccccc8n8c9ccccc9c(c6)c78)ccc54)cc3)cc12. The molecule has 0 amide bonds. The van der Waals surface area contributed by atoms with Crippen LogP contribution < -0.4 is 0 Å². The summed E-state index contributed by atoms with van der Waals surface area (Å²) in [6.07, 6.45) is 0. The maximum atomic E-state index is 6.12. The molecule has 15 aromatic rings. The zero-order valence-electron chi connectivity index (χ0n) is 34.5. The number of benzene rings is 10. The van der Waals surface area contributed by atoms with Crippen LogP contribution in [0.4, 0.5) is 0 Å². The molecule has 0 aliphatic carbocycles. The Morgan fingerprint density at radius 1 is 0.250 bits per heavy atom. The molecule has 0 fully saturated rings. The Morgan fingerprint density at radius 2 is 0.656 bits per heavy atom. The highest BCUT2D eigenvalue weighted by Crippen LogP contribution is 2.43. The van der Waals surface area contributed by atoms with E-state index in [1.54, 1.807) is 0 Å². The molecule has 4 nitrogen and oxygen atoms in total. The van der Waals surface area contributed by atoms with Gasteiger partial charge < -0.3 is 18.0 Å². The highest BCUT2D eigenvalue weighted by atomic mass is 16.3. The second-order valence-corrected chi connectivity index (χ2v) is 17.3. The van der Waals surface area contributed by atoms with Crippen molar-refractivity contribution in [3.8, 4) is 33.6 Å². The molecule has 0 saturated carbocycles. The summed E-state index contributed by atoms with van der Waals surface area (Å²) in [7, 11) is 0. The van der Waals surface area contributed by atoms with Crippen LogP contribution >= 0.6 is 0 Å². The first-order valence-corrected chi connectivity index (χ1v) is 22.0. The second kappa shape index (κ2) is 12.5. The van der Waals surface area contributed by atoms with Crippen LogP contribution in [0.5, 0.6) is 0 Å². The van der Waals surface area contributed by atoms with Crippen molar-refractivity contribution >= 4 is 104 Å². The van der Waals surface area contributed by atoms with Gasteiger partial charge in [0.15, 0.2) is 0 Å². The van der Waals surface area contributed by atoms with Gasteiger partial charge in [0.25, 0.3) is 0 Å². The maximum absolute atomic E-state index is 6.12. The predicted octanol–water partition coefficient (Wildman–Crippen LogP) is 16.3. The molecule has 5 aromatic heterocycles. The average Bonchev–Trinajstić information content (AvgIpc) is 4.15.